The highest BCUT2D eigenvalue weighted by Crippen LogP contribution is 2.32. The van der Waals surface area contributed by atoms with Crippen LogP contribution < -0.4 is 5.32 Å². The Morgan fingerprint density at radius 3 is 2.33 bits per heavy atom. The summed E-state index contributed by atoms with van der Waals surface area (Å²) in [6, 6.07) is 16.5. The number of amides is 1. The molecule has 0 saturated carbocycles. The van der Waals surface area contributed by atoms with Crippen molar-refractivity contribution in [3.63, 3.8) is 0 Å². The quantitative estimate of drug-likeness (QED) is 0.582. The van der Waals surface area contributed by atoms with Gasteiger partial charge in [0.15, 0.2) is 0 Å². The molecule has 1 N–H and O–H groups in total. The summed E-state index contributed by atoms with van der Waals surface area (Å²) in [4.78, 5) is 12.5. The number of aromatic nitrogens is 2. The van der Waals surface area contributed by atoms with Crippen LogP contribution in [0.25, 0.3) is 11.1 Å². The van der Waals surface area contributed by atoms with Gasteiger partial charge in [0.05, 0.1) is 5.69 Å². The minimum Gasteiger partial charge on any atom is -0.310 e. The van der Waals surface area contributed by atoms with Crippen LogP contribution in [0.15, 0.2) is 53.0 Å². The van der Waals surface area contributed by atoms with Crippen LogP contribution in [0.3, 0.4) is 0 Å². The molecular weight excluding hydrogens is 402 g/mol. The number of benzene rings is 2. The third kappa shape index (κ3) is 4.66. The molecule has 0 spiro atoms. The van der Waals surface area contributed by atoms with Gasteiger partial charge in [-0.25, -0.2) is 0 Å². The van der Waals surface area contributed by atoms with Gasteiger partial charge in [-0.05, 0) is 48.6 Å². The molecule has 0 aliphatic rings. The topological polar surface area (TPSA) is 46.9 Å². The number of hydrogen-bond donors (Lipinski definition) is 1. The first-order valence-corrected chi connectivity index (χ1v) is 9.94. The largest absolute Gasteiger partial charge is 0.310 e. The lowest BCUT2D eigenvalue weighted by Gasteiger charge is -2.10. The Bertz CT molecular complexity index is 927. The van der Waals surface area contributed by atoms with Crippen molar-refractivity contribution in [2.75, 3.05) is 5.32 Å². The number of rotatable bonds is 6. The maximum Gasteiger partial charge on any atom is 0.225 e. The maximum atomic E-state index is 12.5. The third-order valence-corrected chi connectivity index (χ3v) is 5.21. The second-order valence-corrected chi connectivity index (χ2v) is 7.57. The van der Waals surface area contributed by atoms with Gasteiger partial charge in [-0.2, -0.15) is 5.10 Å². The van der Waals surface area contributed by atoms with Crippen molar-refractivity contribution >= 4 is 27.7 Å². The van der Waals surface area contributed by atoms with Gasteiger partial charge in [-0.3, -0.25) is 9.48 Å². The molecule has 0 aliphatic carbocycles. The van der Waals surface area contributed by atoms with Gasteiger partial charge >= 0.3 is 0 Å². The van der Waals surface area contributed by atoms with Gasteiger partial charge in [-0.1, -0.05) is 59.3 Å². The minimum absolute atomic E-state index is 0.00377. The SMILES string of the molecule is CCc1ccc(CCC(=O)Nc2c(-c3ccc(Br)cc3)c(C)nn2C)cc1. The van der Waals surface area contributed by atoms with Gasteiger partial charge in [0.25, 0.3) is 0 Å². The van der Waals surface area contributed by atoms with E-state index in [1.807, 2.05) is 38.2 Å². The first kappa shape index (κ1) is 19.4. The van der Waals surface area contributed by atoms with E-state index >= 15 is 0 Å². The van der Waals surface area contributed by atoms with Crippen molar-refractivity contribution < 1.29 is 4.79 Å². The molecule has 0 aliphatic heterocycles. The summed E-state index contributed by atoms with van der Waals surface area (Å²) in [5, 5.41) is 7.55. The Balaban J connectivity index is 1.72. The van der Waals surface area contributed by atoms with Gasteiger partial charge in [0.2, 0.25) is 5.91 Å². The smallest absolute Gasteiger partial charge is 0.225 e. The Kier molecular flexibility index (Phi) is 6.11. The highest BCUT2D eigenvalue weighted by atomic mass is 79.9. The molecule has 140 valence electrons. The van der Waals surface area contributed by atoms with Crippen LogP contribution in [0.1, 0.15) is 30.2 Å². The van der Waals surface area contributed by atoms with E-state index in [4.69, 9.17) is 0 Å². The molecule has 1 heterocycles. The van der Waals surface area contributed by atoms with Crippen LogP contribution in [-0.2, 0) is 24.7 Å². The molecule has 27 heavy (non-hydrogen) atoms. The number of carbonyl (C=O) groups excluding carboxylic acids is 1. The third-order valence-electron chi connectivity index (χ3n) is 4.68. The Labute approximate surface area is 168 Å². The molecule has 4 nitrogen and oxygen atoms in total. The number of carbonyl (C=O) groups is 1. The van der Waals surface area contributed by atoms with Crippen LogP contribution in [0, 0.1) is 6.92 Å². The molecule has 1 aromatic heterocycles. The molecular formula is C22H24BrN3O. The normalized spacial score (nSPS) is 10.8. The van der Waals surface area contributed by atoms with Crippen molar-refractivity contribution in [2.24, 2.45) is 7.05 Å². The van der Waals surface area contributed by atoms with Gasteiger partial charge in [-0.15, -0.1) is 0 Å². The number of halogens is 1. The number of anilines is 1. The van der Waals surface area contributed by atoms with E-state index < -0.39 is 0 Å². The second kappa shape index (κ2) is 8.53. The van der Waals surface area contributed by atoms with Crippen LogP contribution in [0.4, 0.5) is 5.82 Å². The lowest BCUT2D eigenvalue weighted by atomic mass is 10.0. The molecule has 2 aromatic carbocycles. The number of nitrogens with zero attached hydrogens (tertiary/aromatic N) is 2. The molecule has 1 amide bonds. The molecule has 0 unspecified atom stereocenters. The van der Waals surface area contributed by atoms with Crippen LogP contribution >= 0.6 is 15.9 Å². The summed E-state index contributed by atoms with van der Waals surface area (Å²) < 4.78 is 2.76. The zero-order chi connectivity index (χ0) is 19.4. The summed E-state index contributed by atoms with van der Waals surface area (Å²) >= 11 is 3.46. The molecule has 5 heteroatoms. The zero-order valence-corrected chi connectivity index (χ0v) is 17.5. The average Bonchev–Trinajstić information content (AvgIpc) is 2.94. The molecule has 3 rings (SSSR count). The molecule has 0 radical (unpaired) electrons. The molecule has 3 aromatic rings. The lowest BCUT2D eigenvalue weighted by molar-refractivity contribution is -0.116. The fourth-order valence-corrected chi connectivity index (χ4v) is 3.42. The Morgan fingerprint density at radius 2 is 1.70 bits per heavy atom. The van der Waals surface area contributed by atoms with E-state index in [-0.39, 0.29) is 5.91 Å². The zero-order valence-electron chi connectivity index (χ0n) is 15.9. The predicted octanol–water partition coefficient (Wildman–Crippen LogP) is 5.29. The van der Waals surface area contributed by atoms with Crippen LogP contribution in [0.5, 0.6) is 0 Å². The maximum absolute atomic E-state index is 12.5. The Hall–Kier alpha value is -2.40. The summed E-state index contributed by atoms with van der Waals surface area (Å²) in [7, 11) is 1.86. The first-order valence-electron chi connectivity index (χ1n) is 9.15. The van der Waals surface area contributed by atoms with Crippen molar-refractivity contribution in [1.29, 1.82) is 0 Å². The summed E-state index contributed by atoms with van der Waals surface area (Å²) in [6.45, 7) is 4.10. The van der Waals surface area contributed by atoms with E-state index in [2.05, 4.69) is 57.5 Å². The highest BCUT2D eigenvalue weighted by Gasteiger charge is 2.17. The summed E-state index contributed by atoms with van der Waals surface area (Å²) in [6.07, 6.45) is 2.19. The molecule has 0 atom stereocenters. The summed E-state index contributed by atoms with van der Waals surface area (Å²) in [5.41, 5.74) is 5.38. The van der Waals surface area contributed by atoms with Gasteiger partial charge < -0.3 is 5.32 Å². The standard InChI is InChI=1S/C22H24BrN3O/c1-4-16-5-7-17(8-6-16)9-14-20(27)24-22-21(15(2)25-26(22)3)18-10-12-19(23)13-11-18/h5-8,10-13H,4,9,14H2,1-3H3,(H,24,27). The van der Waals surface area contributed by atoms with Crippen LogP contribution in [0.2, 0.25) is 0 Å². The van der Waals surface area contributed by atoms with E-state index in [1.54, 1.807) is 4.68 Å². The Morgan fingerprint density at radius 1 is 1.07 bits per heavy atom. The van der Waals surface area contributed by atoms with E-state index in [0.29, 0.717) is 6.42 Å². The average molecular weight is 426 g/mol. The highest BCUT2D eigenvalue weighted by molar-refractivity contribution is 9.10. The first-order chi connectivity index (χ1) is 13.0. The fraction of sp³-hybridized carbons (Fsp3) is 0.273. The van der Waals surface area contributed by atoms with Crippen LogP contribution in [-0.4, -0.2) is 15.7 Å². The van der Waals surface area contributed by atoms with Crippen molar-refractivity contribution in [3.05, 3.63) is 69.8 Å². The summed E-state index contributed by atoms with van der Waals surface area (Å²) in [5.74, 6) is 0.733. The molecule has 0 saturated heterocycles. The minimum atomic E-state index is -0.00377. The number of nitrogens with one attached hydrogen (secondary N) is 1. The van der Waals surface area contributed by atoms with Crippen molar-refractivity contribution in [1.82, 2.24) is 9.78 Å². The fourth-order valence-electron chi connectivity index (χ4n) is 3.16. The monoisotopic (exact) mass is 425 g/mol. The number of hydrogen-bond acceptors (Lipinski definition) is 2. The predicted molar refractivity (Wildman–Crippen MR) is 114 cm³/mol. The van der Waals surface area contributed by atoms with Gasteiger partial charge in [0.1, 0.15) is 5.82 Å². The number of aryl methyl sites for hydroxylation is 4. The van der Waals surface area contributed by atoms with E-state index in [0.717, 1.165) is 40.0 Å². The molecule has 0 bridgehead atoms. The van der Waals surface area contributed by atoms with Crippen molar-refractivity contribution in [3.8, 4) is 11.1 Å². The lowest BCUT2D eigenvalue weighted by Crippen LogP contribution is -2.15. The van der Waals surface area contributed by atoms with E-state index in [9.17, 15) is 4.79 Å². The second-order valence-electron chi connectivity index (χ2n) is 6.66. The van der Waals surface area contributed by atoms with Gasteiger partial charge in [0, 0.05) is 23.5 Å². The molecule has 0 fully saturated rings. The van der Waals surface area contributed by atoms with Crippen molar-refractivity contribution in [2.45, 2.75) is 33.1 Å². The van der Waals surface area contributed by atoms with E-state index in [1.165, 1.54) is 11.1 Å².